The summed E-state index contributed by atoms with van der Waals surface area (Å²) >= 11 is 6.04. The number of rotatable bonds is 5. The largest absolute Gasteiger partial charge is 0.330 e. The molecule has 3 rings (SSSR count). The van der Waals surface area contributed by atoms with Crippen LogP contribution in [0.2, 0.25) is 5.02 Å². The predicted octanol–water partition coefficient (Wildman–Crippen LogP) is 2.56. The number of hydrogen-bond donors (Lipinski definition) is 1. The summed E-state index contributed by atoms with van der Waals surface area (Å²) in [5, 5.41) is 8.38. The number of aromatic nitrogens is 5. The van der Waals surface area contributed by atoms with E-state index in [1.54, 1.807) is 12.7 Å². The van der Waals surface area contributed by atoms with Crippen molar-refractivity contribution >= 4 is 22.6 Å². The van der Waals surface area contributed by atoms with Gasteiger partial charge in [-0.2, -0.15) is 5.10 Å². The van der Waals surface area contributed by atoms with E-state index < -0.39 is 0 Å². The van der Waals surface area contributed by atoms with Crippen molar-refractivity contribution in [1.82, 2.24) is 29.6 Å². The Hall–Kier alpha value is -1.92. The molecule has 0 aliphatic heterocycles. The molecule has 1 N–H and O–H groups in total. The molecule has 0 saturated carbocycles. The van der Waals surface area contributed by atoms with Crippen molar-refractivity contribution < 1.29 is 0 Å². The van der Waals surface area contributed by atoms with E-state index in [-0.39, 0.29) is 12.1 Å². The second kappa shape index (κ2) is 6.06. The fourth-order valence-electron chi connectivity index (χ4n) is 2.74. The van der Waals surface area contributed by atoms with Crippen molar-refractivity contribution in [2.75, 3.05) is 0 Å². The number of halogens is 1. The third kappa shape index (κ3) is 2.98. The highest BCUT2D eigenvalue weighted by molar-refractivity contribution is 6.31. The van der Waals surface area contributed by atoms with Crippen molar-refractivity contribution in [3.05, 3.63) is 41.7 Å². The Bertz CT molecular complexity index is 764. The molecule has 0 radical (unpaired) electrons. The fraction of sp³-hybridized carbons (Fsp3) is 0.400. The summed E-state index contributed by atoms with van der Waals surface area (Å²) in [6, 6.07) is 6.15. The third-order valence-corrected chi connectivity index (χ3v) is 3.96. The molecule has 0 amide bonds. The molecule has 22 heavy (non-hydrogen) atoms. The van der Waals surface area contributed by atoms with Gasteiger partial charge < -0.3 is 9.88 Å². The van der Waals surface area contributed by atoms with Crippen LogP contribution in [-0.2, 0) is 13.6 Å². The molecule has 0 saturated heterocycles. The maximum absolute atomic E-state index is 6.04. The number of nitrogens with zero attached hydrogens (tertiary/aromatic N) is 5. The summed E-state index contributed by atoms with van der Waals surface area (Å²) in [5.74, 6) is 0.989. The zero-order valence-electron chi connectivity index (χ0n) is 12.9. The molecule has 0 spiro atoms. The van der Waals surface area contributed by atoms with Crippen molar-refractivity contribution in [2.45, 2.75) is 32.5 Å². The van der Waals surface area contributed by atoms with Crippen molar-refractivity contribution in [3.8, 4) is 0 Å². The van der Waals surface area contributed by atoms with Crippen molar-refractivity contribution in [1.29, 1.82) is 0 Å². The third-order valence-electron chi connectivity index (χ3n) is 3.73. The van der Waals surface area contributed by atoms with Crippen molar-refractivity contribution in [3.63, 3.8) is 0 Å². The topological polar surface area (TPSA) is 60.6 Å². The maximum Gasteiger partial charge on any atom is 0.137 e. The van der Waals surface area contributed by atoms with E-state index in [4.69, 9.17) is 16.6 Å². The van der Waals surface area contributed by atoms with Gasteiger partial charge in [0.05, 0.1) is 23.6 Å². The van der Waals surface area contributed by atoms with Gasteiger partial charge in [0.15, 0.2) is 0 Å². The van der Waals surface area contributed by atoms with E-state index in [1.165, 1.54) is 0 Å². The van der Waals surface area contributed by atoms with E-state index >= 15 is 0 Å². The lowest BCUT2D eigenvalue weighted by Gasteiger charge is -2.19. The number of nitrogens with one attached hydrogen (secondary N) is 1. The Balaban J connectivity index is 1.77. The number of aryl methyl sites for hydroxylation is 1. The molecule has 0 fully saturated rings. The van der Waals surface area contributed by atoms with E-state index in [1.807, 2.05) is 29.9 Å². The molecule has 6 nitrogen and oxygen atoms in total. The van der Waals surface area contributed by atoms with Crippen LogP contribution < -0.4 is 5.32 Å². The molecule has 2 aromatic heterocycles. The smallest absolute Gasteiger partial charge is 0.137 e. The minimum absolute atomic E-state index is 0.120. The van der Waals surface area contributed by atoms with E-state index in [0.717, 1.165) is 23.4 Å². The van der Waals surface area contributed by atoms with Crippen LogP contribution in [0.15, 0.2) is 30.9 Å². The second-order valence-corrected chi connectivity index (χ2v) is 6.01. The Morgan fingerprint density at radius 3 is 2.86 bits per heavy atom. The van der Waals surface area contributed by atoms with E-state index in [9.17, 15) is 0 Å². The number of imidazole rings is 1. The zero-order chi connectivity index (χ0) is 15.7. The highest BCUT2D eigenvalue weighted by Gasteiger charge is 2.16. The Kier molecular flexibility index (Phi) is 4.13. The van der Waals surface area contributed by atoms with Gasteiger partial charge in [-0.25, -0.2) is 9.97 Å². The molecule has 3 aromatic rings. The van der Waals surface area contributed by atoms with Gasteiger partial charge in [0.1, 0.15) is 18.5 Å². The zero-order valence-corrected chi connectivity index (χ0v) is 13.6. The highest BCUT2D eigenvalue weighted by Crippen LogP contribution is 2.22. The van der Waals surface area contributed by atoms with Crippen LogP contribution in [-0.4, -0.2) is 30.4 Å². The standard InChI is InChI=1S/C15H19ClN6/c1-10(7-22-9-17-8-18-22)19-11(2)15-20-13-6-12(16)4-5-14(13)21(15)3/h4-6,8-11,19H,7H2,1-3H3/t10-,11-/m0/s1. The highest BCUT2D eigenvalue weighted by atomic mass is 35.5. The van der Waals surface area contributed by atoms with Gasteiger partial charge in [-0.3, -0.25) is 4.68 Å². The molecule has 2 atom stereocenters. The van der Waals surface area contributed by atoms with Crippen LogP contribution in [0.4, 0.5) is 0 Å². The summed E-state index contributed by atoms with van der Waals surface area (Å²) in [4.78, 5) is 8.66. The van der Waals surface area contributed by atoms with Gasteiger partial charge in [-0.1, -0.05) is 11.6 Å². The van der Waals surface area contributed by atoms with Gasteiger partial charge in [-0.15, -0.1) is 0 Å². The number of benzene rings is 1. The average Bonchev–Trinajstić information content (AvgIpc) is 3.07. The second-order valence-electron chi connectivity index (χ2n) is 5.57. The van der Waals surface area contributed by atoms with Crippen LogP contribution >= 0.6 is 11.6 Å². The summed E-state index contributed by atoms with van der Waals surface area (Å²) in [5.41, 5.74) is 2.00. The van der Waals surface area contributed by atoms with Gasteiger partial charge in [0, 0.05) is 18.1 Å². The molecule has 0 bridgehead atoms. The molecule has 0 unspecified atom stereocenters. The molecule has 0 aliphatic rings. The van der Waals surface area contributed by atoms with Crippen LogP contribution in [0.3, 0.4) is 0 Å². The minimum atomic E-state index is 0.120. The van der Waals surface area contributed by atoms with Crippen LogP contribution in [0.25, 0.3) is 11.0 Å². The van der Waals surface area contributed by atoms with Gasteiger partial charge >= 0.3 is 0 Å². The van der Waals surface area contributed by atoms with E-state index in [0.29, 0.717) is 5.02 Å². The fourth-order valence-corrected chi connectivity index (χ4v) is 2.91. The van der Waals surface area contributed by atoms with Gasteiger partial charge in [0.25, 0.3) is 0 Å². The Morgan fingerprint density at radius 2 is 2.14 bits per heavy atom. The van der Waals surface area contributed by atoms with Crippen LogP contribution in [0.1, 0.15) is 25.7 Å². The summed E-state index contributed by atoms with van der Waals surface area (Å²) in [7, 11) is 2.03. The summed E-state index contributed by atoms with van der Waals surface area (Å²) < 4.78 is 3.92. The molecular weight excluding hydrogens is 300 g/mol. The number of fused-ring (bicyclic) bond motifs is 1. The van der Waals surface area contributed by atoms with Gasteiger partial charge in [0.2, 0.25) is 0 Å². The van der Waals surface area contributed by atoms with Crippen molar-refractivity contribution in [2.24, 2.45) is 7.05 Å². The van der Waals surface area contributed by atoms with E-state index in [2.05, 4.69) is 33.8 Å². The molecule has 7 heteroatoms. The first kappa shape index (κ1) is 15.0. The number of hydrogen-bond acceptors (Lipinski definition) is 4. The molecule has 1 aromatic carbocycles. The molecule has 116 valence electrons. The lowest BCUT2D eigenvalue weighted by molar-refractivity contribution is 0.400. The quantitative estimate of drug-likeness (QED) is 0.785. The van der Waals surface area contributed by atoms with Crippen LogP contribution in [0.5, 0.6) is 0 Å². The normalized spacial score (nSPS) is 14.4. The van der Waals surface area contributed by atoms with Gasteiger partial charge in [-0.05, 0) is 32.0 Å². The lowest BCUT2D eigenvalue weighted by atomic mass is 10.2. The molecule has 2 heterocycles. The monoisotopic (exact) mass is 318 g/mol. The van der Waals surface area contributed by atoms with Crippen LogP contribution in [0, 0.1) is 0 Å². The lowest BCUT2D eigenvalue weighted by Crippen LogP contribution is -2.33. The average molecular weight is 319 g/mol. The Labute approximate surface area is 134 Å². The summed E-state index contributed by atoms with van der Waals surface area (Å²) in [6.45, 7) is 5.00. The molecular formula is C15H19ClN6. The SMILES string of the molecule is C[C@H](N[C@@H](C)Cn1cncn1)c1nc2cc(Cl)ccc2n1C. The Morgan fingerprint density at radius 1 is 1.32 bits per heavy atom. The summed E-state index contributed by atoms with van der Waals surface area (Å²) in [6.07, 6.45) is 3.27. The first-order chi connectivity index (χ1) is 10.5. The first-order valence-corrected chi connectivity index (χ1v) is 7.62. The maximum atomic E-state index is 6.04. The predicted molar refractivity (Wildman–Crippen MR) is 86.8 cm³/mol. The first-order valence-electron chi connectivity index (χ1n) is 7.25. The minimum Gasteiger partial charge on any atom is -0.330 e. The molecule has 0 aliphatic carbocycles.